The maximum absolute atomic E-state index is 6.79. The highest BCUT2D eigenvalue weighted by molar-refractivity contribution is 6.95. The largest absolute Gasteiger partial charge is 0.483 e. The molecule has 1 atom stereocenters. The lowest BCUT2D eigenvalue weighted by Crippen LogP contribution is -2.57. The predicted molar refractivity (Wildman–Crippen MR) is 224 cm³/mol. The van der Waals surface area contributed by atoms with E-state index in [1.54, 1.807) is 0 Å². The fourth-order valence-corrected chi connectivity index (χ4v) is 8.23. The third-order valence-electron chi connectivity index (χ3n) is 10.6. The Bertz CT molecular complexity index is 2560. The first-order valence-corrected chi connectivity index (χ1v) is 18.7. The number of ether oxygens (including phenoxy) is 3. The molecule has 0 saturated carbocycles. The second-order valence-corrected chi connectivity index (χ2v) is 14.3. The van der Waals surface area contributed by atoms with E-state index in [9.17, 15) is 0 Å². The van der Waals surface area contributed by atoms with E-state index in [-0.39, 0.29) is 6.71 Å². The van der Waals surface area contributed by atoms with Crippen molar-refractivity contribution in [3.63, 3.8) is 0 Å². The third kappa shape index (κ3) is 6.02. The van der Waals surface area contributed by atoms with Gasteiger partial charge < -0.3 is 24.0 Å². The monoisotopic (exact) mass is 712 g/mol. The Labute approximate surface area is 322 Å². The summed E-state index contributed by atoms with van der Waals surface area (Å²) in [6, 6.07) is 62.3. The van der Waals surface area contributed by atoms with E-state index in [0.717, 1.165) is 57.2 Å². The zero-order valence-corrected chi connectivity index (χ0v) is 30.4. The molecule has 1 unspecified atom stereocenters. The molecule has 5 nitrogen and oxygen atoms in total. The van der Waals surface area contributed by atoms with Crippen LogP contribution in [0.15, 0.2) is 205 Å². The van der Waals surface area contributed by atoms with Crippen molar-refractivity contribution in [3.8, 4) is 28.7 Å². The number of rotatable bonds is 8. The Kier molecular flexibility index (Phi) is 8.03. The Morgan fingerprint density at radius 1 is 0.491 bits per heavy atom. The minimum atomic E-state index is -0.591. The second-order valence-electron chi connectivity index (χ2n) is 14.3. The number of hydrogen-bond acceptors (Lipinski definition) is 5. The average molecular weight is 713 g/mol. The molecule has 0 spiro atoms. The lowest BCUT2D eigenvalue weighted by atomic mass is 9.32. The lowest BCUT2D eigenvalue weighted by Gasteiger charge is -2.47. The number of anilines is 5. The quantitative estimate of drug-likeness (QED) is 0.147. The molecular weight excluding hydrogens is 675 g/mol. The highest BCUT2D eigenvalue weighted by atomic mass is 16.5. The molecule has 0 amide bonds. The first-order valence-electron chi connectivity index (χ1n) is 18.7. The van der Waals surface area contributed by atoms with Gasteiger partial charge in [0.1, 0.15) is 34.3 Å². The Hall–Kier alpha value is -6.92. The number of nitrogens with zero attached hydrogens (tertiary/aromatic N) is 2. The van der Waals surface area contributed by atoms with Crippen molar-refractivity contribution in [2.24, 2.45) is 0 Å². The summed E-state index contributed by atoms with van der Waals surface area (Å²) in [4.78, 5) is 4.80. The molecule has 6 heteroatoms. The summed E-state index contributed by atoms with van der Waals surface area (Å²) >= 11 is 0. The van der Waals surface area contributed by atoms with E-state index < -0.39 is 5.60 Å². The molecule has 0 aromatic heterocycles. The second kappa shape index (κ2) is 13.5. The van der Waals surface area contributed by atoms with E-state index in [2.05, 4.69) is 120 Å². The molecule has 0 radical (unpaired) electrons. The summed E-state index contributed by atoms with van der Waals surface area (Å²) in [6.45, 7) is 2.11. The van der Waals surface area contributed by atoms with E-state index in [4.69, 9.17) is 14.2 Å². The van der Waals surface area contributed by atoms with Gasteiger partial charge >= 0.3 is 0 Å². The Morgan fingerprint density at radius 2 is 0.982 bits per heavy atom. The van der Waals surface area contributed by atoms with Crippen molar-refractivity contribution < 1.29 is 14.2 Å². The topological polar surface area (TPSA) is 34.2 Å². The van der Waals surface area contributed by atoms with Crippen LogP contribution in [0.1, 0.15) is 13.3 Å². The zero-order valence-electron chi connectivity index (χ0n) is 30.4. The lowest BCUT2D eigenvalue weighted by molar-refractivity contribution is 0.138. The van der Waals surface area contributed by atoms with Gasteiger partial charge in [-0.3, -0.25) is 0 Å². The minimum Gasteiger partial charge on any atom is -0.483 e. The third-order valence-corrected chi connectivity index (χ3v) is 10.6. The van der Waals surface area contributed by atoms with Gasteiger partial charge in [-0.15, -0.1) is 0 Å². The number of benzene rings is 7. The molecule has 7 aromatic rings. The fourth-order valence-electron chi connectivity index (χ4n) is 8.23. The summed E-state index contributed by atoms with van der Waals surface area (Å²) < 4.78 is 20.0. The van der Waals surface area contributed by atoms with Gasteiger partial charge in [-0.05, 0) is 96.1 Å². The summed E-state index contributed by atoms with van der Waals surface area (Å²) in [5, 5.41) is 0. The van der Waals surface area contributed by atoms with Gasteiger partial charge in [-0.1, -0.05) is 103 Å². The van der Waals surface area contributed by atoms with Crippen molar-refractivity contribution in [1.29, 1.82) is 0 Å². The smallest absolute Gasteiger partial charge is 0.251 e. The van der Waals surface area contributed by atoms with Crippen LogP contribution in [0.2, 0.25) is 0 Å². The summed E-state index contributed by atoms with van der Waals surface area (Å²) in [5.74, 6) is 3.93. The van der Waals surface area contributed by atoms with Crippen LogP contribution in [0, 0.1) is 0 Å². The highest BCUT2D eigenvalue weighted by Gasteiger charge is 2.47. The van der Waals surface area contributed by atoms with Crippen LogP contribution in [0.5, 0.6) is 28.7 Å². The molecule has 264 valence electrons. The van der Waals surface area contributed by atoms with Crippen LogP contribution >= 0.6 is 0 Å². The molecule has 2 heterocycles. The Balaban J connectivity index is 1.22. The average Bonchev–Trinajstić information content (AvgIpc) is 3.22. The minimum absolute atomic E-state index is 0.0657. The van der Waals surface area contributed by atoms with Crippen LogP contribution < -0.4 is 34.9 Å². The fraction of sp³-hybridized carbons (Fsp3) is 0.0612. The molecule has 3 aliphatic rings. The summed E-state index contributed by atoms with van der Waals surface area (Å²) in [5.41, 5.74) is 9.58. The maximum atomic E-state index is 6.79. The first-order chi connectivity index (χ1) is 27.1. The van der Waals surface area contributed by atoms with E-state index in [1.807, 2.05) is 91.0 Å². The molecule has 1 aliphatic carbocycles. The maximum Gasteiger partial charge on any atom is 0.251 e. The van der Waals surface area contributed by atoms with Gasteiger partial charge in [-0.25, -0.2) is 0 Å². The van der Waals surface area contributed by atoms with Gasteiger partial charge in [0.15, 0.2) is 0 Å². The van der Waals surface area contributed by atoms with E-state index in [0.29, 0.717) is 6.42 Å². The van der Waals surface area contributed by atoms with E-state index in [1.165, 1.54) is 22.1 Å². The van der Waals surface area contributed by atoms with Gasteiger partial charge in [-0.2, -0.15) is 0 Å². The van der Waals surface area contributed by atoms with Crippen LogP contribution in [-0.4, -0.2) is 12.3 Å². The highest BCUT2D eigenvalue weighted by Crippen LogP contribution is 2.50. The van der Waals surface area contributed by atoms with Crippen molar-refractivity contribution in [2.75, 3.05) is 9.80 Å². The van der Waals surface area contributed by atoms with Crippen molar-refractivity contribution >= 4 is 46.1 Å². The molecule has 0 N–H and O–H groups in total. The number of allylic oxidation sites excluding steroid dienone is 2. The van der Waals surface area contributed by atoms with Crippen molar-refractivity contribution in [3.05, 3.63) is 205 Å². The SMILES string of the molecule is CC1(Oc2ccccc2)C=CC2=C(C1)N(c1ccccc1)c1cc(Oc3ccccc3)cc3c1B2c1ccc(Oc2ccccc2)cc1N3c1ccccc1. The number of fused-ring (bicyclic) bond motifs is 3. The van der Waals surface area contributed by atoms with Gasteiger partial charge in [0, 0.05) is 58.8 Å². The van der Waals surface area contributed by atoms with Crippen molar-refractivity contribution in [1.82, 2.24) is 0 Å². The molecule has 0 bridgehead atoms. The zero-order chi connectivity index (χ0) is 36.8. The molecule has 7 aromatic carbocycles. The molecule has 2 aliphatic heterocycles. The van der Waals surface area contributed by atoms with E-state index >= 15 is 0 Å². The predicted octanol–water partition coefficient (Wildman–Crippen LogP) is 11.4. The standard InChI is InChI=1S/C49H37BN2O3/c1-49(55-39-25-15-6-16-26-39)30-29-43-47(34-49)52(36-19-9-3-10-20-36)46-33-41(54-38-23-13-5-14-24-38)32-45-48(46)50(43)42-28-27-40(53-37-21-11-4-12-22-37)31-44(42)51(45)35-17-7-2-8-18-35/h2-33H,34H2,1H3. The summed E-state index contributed by atoms with van der Waals surface area (Å²) in [6.07, 6.45) is 5.21. The molecule has 0 saturated heterocycles. The first kappa shape index (κ1) is 32.7. The normalized spacial score (nSPS) is 16.6. The van der Waals surface area contributed by atoms with Crippen LogP contribution in [0.25, 0.3) is 0 Å². The van der Waals surface area contributed by atoms with Crippen molar-refractivity contribution in [2.45, 2.75) is 18.9 Å². The van der Waals surface area contributed by atoms with Crippen LogP contribution in [-0.2, 0) is 0 Å². The molecule has 0 fully saturated rings. The summed E-state index contributed by atoms with van der Waals surface area (Å²) in [7, 11) is 0. The molecule has 10 rings (SSSR count). The Morgan fingerprint density at radius 3 is 1.58 bits per heavy atom. The van der Waals surface area contributed by atoms with Crippen LogP contribution in [0.3, 0.4) is 0 Å². The van der Waals surface area contributed by atoms with Crippen LogP contribution in [0.4, 0.5) is 28.4 Å². The number of hydrogen-bond donors (Lipinski definition) is 0. The van der Waals surface area contributed by atoms with Gasteiger partial charge in [0.2, 0.25) is 0 Å². The number of para-hydroxylation sites is 5. The molecular formula is C49H37BN2O3. The molecule has 55 heavy (non-hydrogen) atoms. The van der Waals surface area contributed by atoms with Gasteiger partial charge in [0.25, 0.3) is 6.71 Å². The van der Waals surface area contributed by atoms with Gasteiger partial charge in [0.05, 0.1) is 0 Å².